The van der Waals surface area contributed by atoms with Crippen molar-refractivity contribution in [3.63, 3.8) is 0 Å². The number of rotatable bonds is 3. The Balaban J connectivity index is 1.75. The van der Waals surface area contributed by atoms with Crippen molar-refractivity contribution in [3.8, 4) is 0 Å². The van der Waals surface area contributed by atoms with E-state index >= 15 is 0 Å². The highest BCUT2D eigenvalue weighted by Gasteiger charge is 2.40. The quantitative estimate of drug-likeness (QED) is 0.788. The first-order chi connectivity index (χ1) is 9.83. The zero-order valence-corrected chi connectivity index (χ0v) is 12.5. The van der Waals surface area contributed by atoms with E-state index in [0.717, 1.165) is 24.4 Å². The second-order valence-electron chi connectivity index (χ2n) is 6.19. The van der Waals surface area contributed by atoms with E-state index in [-0.39, 0.29) is 11.1 Å². The molecule has 3 nitrogen and oxygen atoms in total. The minimum Gasteiger partial charge on any atom is -0.359 e. The Bertz CT molecular complexity index is 535. The molecule has 2 aliphatic carbocycles. The summed E-state index contributed by atoms with van der Waals surface area (Å²) < 4.78 is 38.3. The highest BCUT2D eigenvalue weighted by atomic mass is 35.5. The number of alkyl halides is 3. The third-order valence-electron chi connectivity index (χ3n) is 4.76. The molecule has 2 fully saturated rings. The molecule has 2 aliphatic rings. The molecule has 0 spiro atoms. The molecule has 1 heterocycles. The molecule has 3 atom stereocenters. The number of aromatic nitrogens is 2. The van der Waals surface area contributed by atoms with E-state index < -0.39 is 11.9 Å². The summed E-state index contributed by atoms with van der Waals surface area (Å²) in [4.78, 5) is 8.96. The fourth-order valence-corrected chi connectivity index (χ4v) is 3.97. The summed E-state index contributed by atoms with van der Waals surface area (Å²) >= 11 is 5.63. The molecule has 2 saturated carbocycles. The van der Waals surface area contributed by atoms with Crippen LogP contribution in [0.3, 0.4) is 0 Å². The predicted molar refractivity (Wildman–Crippen MR) is 74.3 cm³/mol. The third-order valence-corrected chi connectivity index (χ3v) is 4.93. The average molecular weight is 320 g/mol. The molecule has 1 aromatic rings. The van der Waals surface area contributed by atoms with Crippen LogP contribution < -0.4 is 4.90 Å². The van der Waals surface area contributed by atoms with Crippen LogP contribution in [0.1, 0.15) is 31.4 Å². The van der Waals surface area contributed by atoms with Crippen molar-refractivity contribution < 1.29 is 13.2 Å². The van der Waals surface area contributed by atoms with Crippen LogP contribution in [0, 0.1) is 17.8 Å². The monoisotopic (exact) mass is 319 g/mol. The van der Waals surface area contributed by atoms with E-state index in [1.807, 2.05) is 0 Å². The van der Waals surface area contributed by atoms with Gasteiger partial charge in [-0.3, -0.25) is 0 Å². The number of halogens is 4. The molecule has 0 amide bonds. The summed E-state index contributed by atoms with van der Waals surface area (Å²) in [6.07, 6.45) is 0.509. The molecule has 0 aliphatic heterocycles. The van der Waals surface area contributed by atoms with Crippen molar-refractivity contribution in [2.24, 2.45) is 17.8 Å². The standard InChI is InChI=1S/C14H17ClF3N3/c1-21(7-10-5-8-2-3-9(10)4-8)12-6-11(14(16,17)18)19-13(15)20-12/h6,8-10H,2-5,7H2,1H3. The fourth-order valence-electron chi connectivity index (χ4n) is 3.79. The minimum atomic E-state index is -4.51. The minimum absolute atomic E-state index is 0.241. The third kappa shape index (κ3) is 3.10. The number of hydrogen-bond acceptors (Lipinski definition) is 3. The van der Waals surface area contributed by atoms with Gasteiger partial charge in [0.05, 0.1) is 0 Å². The Hall–Kier alpha value is -1.04. The van der Waals surface area contributed by atoms with Crippen LogP contribution in [0.15, 0.2) is 6.07 Å². The first-order valence-electron chi connectivity index (χ1n) is 7.16. The van der Waals surface area contributed by atoms with E-state index in [4.69, 9.17) is 11.6 Å². The Morgan fingerprint density at radius 3 is 2.62 bits per heavy atom. The fraction of sp³-hybridized carbons (Fsp3) is 0.714. The van der Waals surface area contributed by atoms with Gasteiger partial charge in [-0.25, -0.2) is 9.97 Å². The van der Waals surface area contributed by atoms with Gasteiger partial charge in [0.25, 0.3) is 0 Å². The molecule has 3 rings (SSSR count). The molecule has 0 radical (unpaired) electrons. The summed E-state index contributed by atoms with van der Waals surface area (Å²) in [5, 5.41) is -0.361. The number of hydrogen-bond donors (Lipinski definition) is 0. The Morgan fingerprint density at radius 2 is 2.05 bits per heavy atom. The van der Waals surface area contributed by atoms with E-state index in [2.05, 4.69) is 9.97 Å². The van der Waals surface area contributed by atoms with Gasteiger partial charge in [-0.15, -0.1) is 0 Å². The van der Waals surface area contributed by atoms with Crippen molar-refractivity contribution in [1.82, 2.24) is 9.97 Å². The first-order valence-corrected chi connectivity index (χ1v) is 7.53. The van der Waals surface area contributed by atoms with Crippen LogP contribution in [-0.2, 0) is 6.18 Å². The lowest BCUT2D eigenvalue weighted by molar-refractivity contribution is -0.141. The molecule has 0 aromatic carbocycles. The maximum absolute atomic E-state index is 12.8. The predicted octanol–water partition coefficient (Wildman–Crippen LogP) is 4.02. The number of anilines is 1. The Kier molecular flexibility index (Phi) is 3.76. The maximum Gasteiger partial charge on any atom is 0.433 e. The van der Waals surface area contributed by atoms with Crippen molar-refractivity contribution >= 4 is 17.4 Å². The van der Waals surface area contributed by atoms with Crippen LogP contribution in [-0.4, -0.2) is 23.6 Å². The molecule has 0 saturated heterocycles. The van der Waals surface area contributed by atoms with Crippen LogP contribution in [0.4, 0.5) is 19.0 Å². The van der Waals surface area contributed by atoms with E-state index in [0.29, 0.717) is 5.92 Å². The molecular formula is C14H17ClF3N3. The zero-order valence-electron chi connectivity index (χ0n) is 11.7. The zero-order chi connectivity index (χ0) is 15.2. The van der Waals surface area contributed by atoms with Gasteiger partial charge in [0, 0.05) is 19.7 Å². The normalized spacial score (nSPS) is 28.1. The molecule has 21 heavy (non-hydrogen) atoms. The lowest BCUT2D eigenvalue weighted by atomic mass is 9.88. The second kappa shape index (κ2) is 5.30. The highest BCUT2D eigenvalue weighted by Crippen LogP contribution is 2.48. The second-order valence-corrected chi connectivity index (χ2v) is 6.53. The highest BCUT2D eigenvalue weighted by molar-refractivity contribution is 6.28. The summed E-state index contributed by atoms with van der Waals surface area (Å²) in [6, 6.07) is 0.971. The van der Waals surface area contributed by atoms with Gasteiger partial charge in [0.1, 0.15) is 5.82 Å². The van der Waals surface area contributed by atoms with Crippen LogP contribution in [0.25, 0.3) is 0 Å². The summed E-state index contributed by atoms with van der Waals surface area (Å²) in [5.74, 6) is 2.33. The van der Waals surface area contributed by atoms with Gasteiger partial charge in [-0.2, -0.15) is 13.2 Å². The lowest BCUT2D eigenvalue weighted by Gasteiger charge is -2.28. The molecular weight excluding hydrogens is 303 g/mol. The average Bonchev–Trinajstić information content (AvgIpc) is 2.99. The summed E-state index contributed by atoms with van der Waals surface area (Å²) in [5.41, 5.74) is -0.989. The molecule has 0 N–H and O–H groups in total. The van der Waals surface area contributed by atoms with Gasteiger partial charge < -0.3 is 4.90 Å². The van der Waals surface area contributed by atoms with Crippen LogP contribution in [0.5, 0.6) is 0 Å². The SMILES string of the molecule is CN(CC1CC2CCC1C2)c1cc(C(F)(F)F)nc(Cl)n1. The van der Waals surface area contributed by atoms with Gasteiger partial charge in [0.2, 0.25) is 5.28 Å². The maximum atomic E-state index is 12.8. The van der Waals surface area contributed by atoms with Gasteiger partial charge in [0.15, 0.2) is 5.69 Å². The van der Waals surface area contributed by atoms with E-state index in [1.165, 1.54) is 25.7 Å². The van der Waals surface area contributed by atoms with Crippen LogP contribution >= 0.6 is 11.6 Å². The molecule has 116 valence electrons. The largest absolute Gasteiger partial charge is 0.433 e. The van der Waals surface area contributed by atoms with E-state index in [9.17, 15) is 13.2 Å². The Labute approximate surface area is 126 Å². The summed E-state index contributed by atoms with van der Waals surface area (Å²) in [7, 11) is 1.77. The van der Waals surface area contributed by atoms with Crippen molar-refractivity contribution in [3.05, 3.63) is 17.0 Å². The topological polar surface area (TPSA) is 29.0 Å². The molecule has 3 unspecified atom stereocenters. The van der Waals surface area contributed by atoms with E-state index in [1.54, 1.807) is 11.9 Å². The number of fused-ring (bicyclic) bond motifs is 2. The molecule has 2 bridgehead atoms. The van der Waals surface area contributed by atoms with Gasteiger partial charge in [-0.05, 0) is 48.6 Å². The van der Waals surface area contributed by atoms with Gasteiger partial charge >= 0.3 is 6.18 Å². The van der Waals surface area contributed by atoms with Crippen molar-refractivity contribution in [2.45, 2.75) is 31.9 Å². The van der Waals surface area contributed by atoms with Gasteiger partial charge in [-0.1, -0.05) is 6.42 Å². The smallest absolute Gasteiger partial charge is 0.359 e. The molecule has 1 aromatic heterocycles. The summed E-state index contributed by atoms with van der Waals surface area (Å²) in [6.45, 7) is 0.728. The molecule has 7 heteroatoms. The first kappa shape index (κ1) is 14.9. The van der Waals surface area contributed by atoms with Crippen molar-refractivity contribution in [1.29, 1.82) is 0 Å². The van der Waals surface area contributed by atoms with Crippen LogP contribution in [0.2, 0.25) is 5.28 Å². The number of nitrogens with zero attached hydrogens (tertiary/aromatic N) is 3. The Morgan fingerprint density at radius 1 is 1.29 bits per heavy atom. The lowest BCUT2D eigenvalue weighted by Crippen LogP contribution is -2.29. The van der Waals surface area contributed by atoms with Crippen molar-refractivity contribution in [2.75, 3.05) is 18.5 Å².